The van der Waals surface area contributed by atoms with Gasteiger partial charge in [-0.3, -0.25) is 9.78 Å². The van der Waals surface area contributed by atoms with E-state index in [2.05, 4.69) is 10.1 Å². The van der Waals surface area contributed by atoms with E-state index in [1.165, 1.54) is 4.68 Å². The summed E-state index contributed by atoms with van der Waals surface area (Å²) in [6, 6.07) is 13.5. The molecule has 0 unspecified atom stereocenters. The molecule has 0 bridgehead atoms. The van der Waals surface area contributed by atoms with Gasteiger partial charge >= 0.3 is 0 Å². The van der Waals surface area contributed by atoms with Gasteiger partial charge in [0.05, 0.1) is 0 Å². The largest absolute Gasteiger partial charge is 0.292 e. The van der Waals surface area contributed by atoms with Crippen LogP contribution in [0.1, 0.15) is 0 Å². The van der Waals surface area contributed by atoms with E-state index in [9.17, 15) is 4.79 Å². The van der Waals surface area contributed by atoms with Crippen LogP contribution in [0.5, 0.6) is 0 Å². The summed E-state index contributed by atoms with van der Waals surface area (Å²) in [4.78, 5) is 16.1. The van der Waals surface area contributed by atoms with E-state index in [0.717, 1.165) is 16.6 Å². The molecule has 2 heterocycles. The van der Waals surface area contributed by atoms with Crippen LogP contribution in [0.4, 0.5) is 0 Å². The quantitative estimate of drug-likeness (QED) is 0.650. The number of aromatic nitrogens is 3. The van der Waals surface area contributed by atoms with Gasteiger partial charge in [0.25, 0.3) is 5.56 Å². The Hall–Kier alpha value is -2.49. The average molecular weight is 237 g/mol. The zero-order valence-corrected chi connectivity index (χ0v) is 9.87. The number of hydrogen-bond donors (Lipinski definition) is 0. The Morgan fingerprint density at radius 1 is 1.06 bits per heavy atom. The molecule has 1 aromatic carbocycles. The molecule has 3 aromatic rings. The van der Waals surface area contributed by atoms with Crippen LogP contribution in [0.25, 0.3) is 22.2 Å². The summed E-state index contributed by atoms with van der Waals surface area (Å²) < 4.78 is 1.33. The summed E-state index contributed by atoms with van der Waals surface area (Å²) in [6.07, 6.45) is 1.62. The van der Waals surface area contributed by atoms with Crippen molar-refractivity contribution in [3.63, 3.8) is 0 Å². The molecule has 0 aliphatic rings. The van der Waals surface area contributed by atoms with Gasteiger partial charge in [-0.2, -0.15) is 5.10 Å². The molecule has 0 radical (unpaired) electrons. The Kier molecular flexibility index (Phi) is 2.41. The van der Waals surface area contributed by atoms with Crippen molar-refractivity contribution in [2.75, 3.05) is 0 Å². The predicted molar refractivity (Wildman–Crippen MR) is 70.2 cm³/mol. The molecular formula is C14H11N3O. The van der Waals surface area contributed by atoms with Crippen LogP contribution in [-0.2, 0) is 7.05 Å². The fourth-order valence-electron chi connectivity index (χ4n) is 1.98. The highest BCUT2D eigenvalue weighted by Crippen LogP contribution is 2.22. The zero-order valence-electron chi connectivity index (χ0n) is 9.87. The molecular weight excluding hydrogens is 226 g/mol. The number of benzene rings is 1. The van der Waals surface area contributed by atoms with Gasteiger partial charge in [0.1, 0.15) is 11.2 Å². The second-order valence-corrected chi connectivity index (χ2v) is 4.04. The van der Waals surface area contributed by atoms with Crippen LogP contribution in [0, 0.1) is 0 Å². The molecule has 0 fully saturated rings. The molecule has 0 aliphatic heterocycles. The number of rotatable bonds is 1. The minimum Gasteiger partial charge on any atom is -0.265 e. The predicted octanol–water partition coefficient (Wildman–Crippen LogP) is 2.00. The smallest absolute Gasteiger partial charge is 0.265 e. The van der Waals surface area contributed by atoms with Crippen molar-refractivity contribution in [2.45, 2.75) is 0 Å². The van der Waals surface area contributed by atoms with Crippen LogP contribution in [0.2, 0.25) is 0 Å². The molecule has 0 N–H and O–H groups in total. The van der Waals surface area contributed by atoms with E-state index in [1.54, 1.807) is 13.2 Å². The highest BCUT2D eigenvalue weighted by atomic mass is 16.1. The maximum Gasteiger partial charge on any atom is 0.292 e. The van der Waals surface area contributed by atoms with E-state index < -0.39 is 0 Å². The third-order valence-corrected chi connectivity index (χ3v) is 2.86. The number of aryl methyl sites for hydroxylation is 1. The Balaban J connectivity index is 2.44. The van der Waals surface area contributed by atoms with Gasteiger partial charge < -0.3 is 0 Å². The molecule has 0 atom stereocenters. The Labute approximate surface area is 104 Å². The number of pyridine rings is 1. The molecule has 88 valence electrons. The molecule has 0 aliphatic carbocycles. The maximum atomic E-state index is 11.9. The lowest BCUT2D eigenvalue weighted by Gasteiger charge is -2.07. The molecule has 0 spiro atoms. The monoisotopic (exact) mass is 237 g/mol. The van der Waals surface area contributed by atoms with Crippen LogP contribution in [-0.4, -0.2) is 14.8 Å². The van der Waals surface area contributed by atoms with Gasteiger partial charge in [0.2, 0.25) is 0 Å². The third-order valence-electron chi connectivity index (χ3n) is 2.86. The Morgan fingerprint density at radius 2 is 1.83 bits per heavy atom. The highest BCUT2D eigenvalue weighted by molar-refractivity contribution is 5.91. The molecule has 3 rings (SSSR count). The number of fused-ring (bicyclic) bond motifs is 1. The minimum atomic E-state index is -0.176. The second kappa shape index (κ2) is 4.07. The first-order chi connectivity index (χ1) is 8.77. The molecule has 4 nitrogen and oxygen atoms in total. The van der Waals surface area contributed by atoms with Crippen LogP contribution >= 0.6 is 0 Å². The van der Waals surface area contributed by atoms with Crippen molar-refractivity contribution in [2.24, 2.45) is 7.05 Å². The zero-order chi connectivity index (χ0) is 12.5. The second-order valence-electron chi connectivity index (χ2n) is 4.04. The lowest BCUT2D eigenvalue weighted by Crippen LogP contribution is -2.21. The topological polar surface area (TPSA) is 47.8 Å². The van der Waals surface area contributed by atoms with Crippen LogP contribution in [0.3, 0.4) is 0 Å². The SMILES string of the molecule is Cn1nc(-c2ccccc2)c2cccnc2c1=O. The summed E-state index contributed by atoms with van der Waals surface area (Å²) >= 11 is 0. The first kappa shape index (κ1) is 10.7. The van der Waals surface area contributed by atoms with Crippen molar-refractivity contribution >= 4 is 10.9 Å². The summed E-state index contributed by atoms with van der Waals surface area (Å²) in [7, 11) is 1.64. The highest BCUT2D eigenvalue weighted by Gasteiger charge is 2.10. The first-order valence-electron chi connectivity index (χ1n) is 5.65. The van der Waals surface area contributed by atoms with Crippen LogP contribution < -0.4 is 5.56 Å². The lowest BCUT2D eigenvalue weighted by atomic mass is 10.1. The fourth-order valence-corrected chi connectivity index (χ4v) is 1.98. The molecule has 4 heteroatoms. The Bertz CT molecular complexity index is 763. The van der Waals surface area contributed by atoms with Gasteiger partial charge in [0.15, 0.2) is 0 Å². The van der Waals surface area contributed by atoms with E-state index in [0.29, 0.717) is 5.52 Å². The molecule has 18 heavy (non-hydrogen) atoms. The summed E-state index contributed by atoms with van der Waals surface area (Å²) in [5.74, 6) is 0. The summed E-state index contributed by atoms with van der Waals surface area (Å²) in [5.41, 5.74) is 2.03. The number of hydrogen-bond acceptors (Lipinski definition) is 3. The van der Waals surface area contributed by atoms with Gasteiger partial charge in [-0.25, -0.2) is 4.68 Å². The van der Waals surface area contributed by atoms with Crippen LogP contribution in [0.15, 0.2) is 53.5 Å². The van der Waals surface area contributed by atoms with Crippen molar-refractivity contribution in [3.8, 4) is 11.3 Å². The van der Waals surface area contributed by atoms with Gasteiger partial charge in [-0.1, -0.05) is 30.3 Å². The number of nitrogens with zero attached hydrogens (tertiary/aromatic N) is 3. The lowest BCUT2D eigenvalue weighted by molar-refractivity contribution is 0.720. The molecule has 0 saturated heterocycles. The van der Waals surface area contributed by atoms with E-state index in [4.69, 9.17) is 0 Å². The Morgan fingerprint density at radius 3 is 2.61 bits per heavy atom. The van der Waals surface area contributed by atoms with Crippen molar-refractivity contribution in [1.82, 2.24) is 14.8 Å². The normalized spacial score (nSPS) is 10.7. The standard InChI is InChI=1S/C14H11N3O/c1-17-14(18)13-11(8-5-9-15-13)12(16-17)10-6-3-2-4-7-10/h2-9H,1H3. The van der Waals surface area contributed by atoms with Crippen molar-refractivity contribution in [1.29, 1.82) is 0 Å². The molecule has 2 aromatic heterocycles. The summed E-state index contributed by atoms with van der Waals surface area (Å²) in [6.45, 7) is 0. The molecule has 0 saturated carbocycles. The summed E-state index contributed by atoms with van der Waals surface area (Å²) in [5, 5.41) is 5.12. The molecule has 0 amide bonds. The minimum absolute atomic E-state index is 0.176. The van der Waals surface area contributed by atoms with Gasteiger partial charge in [-0.05, 0) is 12.1 Å². The van der Waals surface area contributed by atoms with E-state index in [1.807, 2.05) is 42.5 Å². The van der Waals surface area contributed by atoms with Crippen molar-refractivity contribution in [3.05, 3.63) is 59.0 Å². The maximum absolute atomic E-state index is 11.9. The fraction of sp³-hybridized carbons (Fsp3) is 0.0714. The van der Waals surface area contributed by atoms with Gasteiger partial charge in [0, 0.05) is 24.2 Å². The average Bonchev–Trinajstić information content (AvgIpc) is 2.44. The van der Waals surface area contributed by atoms with E-state index >= 15 is 0 Å². The van der Waals surface area contributed by atoms with Gasteiger partial charge in [-0.15, -0.1) is 0 Å². The van der Waals surface area contributed by atoms with E-state index in [-0.39, 0.29) is 5.56 Å². The first-order valence-corrected chi connectivity index (χ1v) is 5.65. The third kappa shape index (κ3) is 1.59. The van der Waals surface area contributed by atoms with Crippen molar-refractivity contribution < 1.29 is 0 Å².